The summed E-state index contributed by atoms with van der Waals surface area (Å²) in [7, 11) is 0. The van der Waals surface area contributed by atoms with Gasteiger partial charge in [0, 0.05) is 0 Å². The van der Waals surface area contributed by atoms with Gasteiger partial charge in [0.15, 0.2) is 0 Å². The van der Waals surface area contributed by atoms with Gasteiger partial charge in [-0.3, -0.25) is 4.79 Å². The Morgan fingerprint density at radius 3 is 2.40 bits per heavy atom. The summed E-state index contributed by atoms with van der Waals surface area (Å²) in [5, 5.41) is 10.0. The number of carbonyl (C=O) groups is 2. The highest BCUT2D eigenvalue weighted by Gasteiger charge is 2.37. The molecule has 1 fully saturated rings. The number of phenols is 1. The lowest BCUT2D eigenvalue weighted by Crippen LogP contribution is -2.31. The van der Waals surface area contributed by atoms with Gasteiger partial charge in [-0.05, 0) is 70.6 Å². The summed E-state index contributed by atoms with van der Waals surface area (Å²) in [6.45, 7) is 7.52. The van der Waals surface area contributed by atoms with E-state index in [0.29, 0.717) is 6.42 Å². The number of rotatable bonds is 6. The first-order chi connectivity index (χ1) is 11.7. The molecule has 0 heterocycles. The van der Waals surface area contributed by atoms with E-state index >= 15 is 0 Å². The number of ether oxygens (including phenoxy) is 2. The minimum Gasteiger partial charge on any atom is -0.507 e. The van der Waals surface area contributed by atoms with Crippen LogP contribution in [-0.4, -0.2) is 22.6 Å². The minimum absolute atomic E-state index is 0.0272. The number of phenolic OH excluding ortho intramolecular Hbond substituents is 1. The Hall–Kier alpha value is -2.04. The summed E-state index contributed by atoms with van der Waals surface area (Å²) in [6, 6.07) is 4.20. The monoisotopic (exact) mass is 348 g/mol. The van der Waals surface area contributed by atoms with Crippen molar-refractivity contribution in [3.05, 3.63) is 23.8 Å². The minimum atomic E-state index is -0.616. The first-order valence-corrected chi connectivity index (χ1v) is 9.01. The highest BCUT2D eigenvalue weighted by Crippen LogP contribution is 2.37. The Morgan fingerprint density at radius 1 is 1.20 bits per heavy atom. The lowest BCUT2D eigenvalue weighted by Gasteiger charge is -2.27. The van der Waals surface area contributed by atoms with Crippen molar-refractivity contribution in [1.29, 1.82) is 0 Å². The Morgan fingerprint density at radius 2 is 1.84 bits per heavy atom. The summed E-state index contributed by atoms with van der Waals surface area (Å²) in [6.07, 6.45) is 5.15. The molecule has 0 amide bonds. The molecule has 0 bridgehead atoms. The van der Waals surface area contributed by atoms with Gasteiger partial charge in [0.2, 0.25) is 0 Å². The maximum absolute atomic E-state index is 12.6. The number of esters is 2. The highest BCUT2D eigenvalue weighted by molar-refractivity contribution is 5.93. The van der Waals surface area contributed by atoms with Gasteiger partial charge in [-0.15, -0.1) is 0 Å². The van der Waals surface area contributed by atoms with Gasteiger partial charge >= 0.3 is 11.9 Å². The summed E-state index contributed by atoms with van der Waals surface area (Å²) in [5.41, 5.74) is -1.03. The van der Waals surface area contributed by atoms with Gasteiger partial charge in [0.1, 0.15) is 22.7 Å². The molecule has 0 spiro atoms. The van der Waals surface area contributed by atoms with Crippen LogP contribution in [0, 0.1) is 5.41 Å². The standard InChI is InChI=1S/C20H28O5/c1-5-19(3,4)18(23)24-14-9-10-16(21)15(13-14)17(22)25-20(6-2)11-7-8-12-20/h9-10,13,21H,5-8,11-12H2,1-4H3. The molecular weight excluding hydrogens is 320 g/mol. The molecule has 5 heteroatoms. The molecule has 0 aromatic heterocycles. The Bertz CT molecular complexity index is 641. The van der Waals surface area contributed by atoms with E-state index in [2.05, 4.69) is 0 Å². The summed E-state index contributed by atoms with van der Waals surface area (Å²) in [4.78, 5) is 24.8. The van der Waals surface area contributed by atoms with Gasteiger partial charge in [0.05, 0.1) is 5.41 Å². The maximum atomic E-state index is 12.6. The number of hydrogen-bond donors (Lipinski definition) is 1. The van der Waals surface area contributed by atoms with Crippen LogP contribution < -0.4 is 4.74 Å². The zero-order valence-electron chi connectivity index (χ0n) is 15.6. The van der Waals surface area contributed by atoms with E-state index in [1.807, 2.05) is 13.8 Å². The Balaban J connectivity index is 2.18. The quantitative estimate of drug-likeness (QED) is 0.600. The zero-order chi connectivity index (χ0) is 18.7. The lowest BCUT2D eigenvalue weighted by atomic mass is 9.91. The predicted molar refractivity (Wildman–Crippen MR) is 94.7 cm³/mol. The lowest BCUT2D eigenvalue weighted by molar-refractivity contribution is -0.144. The zero-order valence-corrected chi connectivity index (χ0v) is 15.6. The molecule has 138 valence electrons. The van der Waals surface area contributed by atoms with Crippen LogP contribution >= 0.6 is 0 Å². The second kappa shape index (κ2) is 7.46. The largest absolute Gasteiger partial charge is 0.507 e. The summed E-state index contributed by atoms with van der Waals surface area (Å²) in [5.74, 6) is -0.897. The van der Waals surface area contributed by atoms with Crippen LogP contribution in [0.4, 0.5) is 0 Å². The first-order valence-electron chi connectivity index (χ1n) is 9.01. The molecule has 1 saturated carbocycles. The van der Waals surface area contributed by atoms with E-state index in [1.54, 1.807) is 13.8 Å². The van der Waals surface area contributed by atoms with E-state index < -0.39 is 17.0 Å². The van der Waals surface area contributed by atoms with Crippen molar-refractivity contribution in [2.45, 2.75) is 71.8 Å². The maximum Gasteiger partial charge on any atom is 0.342 e. The van der Waals surface area contributed by atoms with E-state index in [9.17, 15) is 14.7 Å². The fourth-order valence-corrected chi connectivity index (χ4v) is 2.93. The third kappa shape index (κ3) is 4.33. The normalized spacial score (nSPS) is 16.5. The molecule has 1 N–H and O–H groups in total. The van der Waals surface area contributed by atoms with Crippen LogP contribution in [0.15, 0.2) is 18.2 Å². The number of carbonyl (C=O) groups excluding carboxylic acids is 2. The van der Waals surface area contributed by atoms with Crippen molar-refractivity contribution in [2.75, 3.05) is 0 Å². The summed E-state index contributed by atoms with van der Waals surface area (Å²) >= 11 is 0. The van der Waals surface area contributed by atoms with Crippen LogP contribution in [0.2, 0.25) is 0 Å². The summed E-state index contributed by atoms with van der Waals surface area (Å²) < 4.78 is 11.1. The molecule has 2 rings (SSSR count). The molecule has 25 heavy (non-hydrogen) atoms. The number of benzene rings is 1. The van der Waals surface area contributed by atoms with Crippen molar-refractivity contribution in [3.63, 3.8) is 0 Å². The molecule has 1 aromatic carbocycles. The van der Waals surface area contributed by atoms with Crippen molar-refractivity contribution >= 4 is 11.9 Å². The van der Waals surface area contributed by atoms with Crippen molar-refractivity contribution in [1.82, 2.24) is 0 Å². The topological polar surface area (TPSA) is 72.8 Å². The van der Waals surface area contributed by atoms with Crippen LogP contribution in [-0.2, 0) is 9.53 Å². The van der Waals surface area contributed by atoms with Crippen LogP contribution in [0.5, 0.6) is 11.5 Å². The van der Waals surface area contributed by atoms with Crippen LogP contribution in [0.1, 0.15) is 76.6 Å². The van der Waals surface area contributed by atoms with Gasteiger partial charge in [-0.25, -0.2) is 4.79 Å². The second-order valence-electron chi connectivity index (χ2n) is 7.44. The van der Waals surface area contributed by atoms with E-state index in [1.165, 1.54) is 18.2 Å². The average Bonchev–Trinajstić information content (AvgIpc) is 3.05. The van der Waals surface area contributed by atoms with Gasteiger partial charge in [-0.2, -0.15) is 0 Å². The smallest absolute Gasteiger partial charge is 0.342 e. The van der Waals surface area contributed by atoms with Gasteiger partial charge < -0.3 is 14.6 Å². The van der Waals surface area contributed by atoms with Crippen molar-refractivity contribution < 1.29 is 24.2 Å². The Labute approximate surface area is 149 Å². The molecule has 0 radical (unpaired) electrons. The molecule has 0 atom stereocenters. The average molecular weight is 348 g/mol. The van der Waals surface area contributed by atoms with Crippen LogP contribution in [0.25, 0.3) is 0 Å². The van der Waals surface area contributed by atoms with Gasteiger partial charge in [-0.1, -0.05) is 13.8 Å². The second-order valence-corrected chi connectivity index (χ2v) is 7.44. The molecule has 1 aliphatic carbocycles. The fraction of sp³-hybridized carbons (Fsp3) is 0.600. The van der Waals surface area contributed by atoms with Crippen molar-refractivity contribution in [3.8, 4) is 11.5 Å². The first kappa shape index (κ1) is 19.3. The molecule has 1 aromatic rings. The predicted octanol–water partition coefficient (Wildman–Crippen LogP) is 4.61. The highest BCUT2D eigenvalue weighted by atomic mass is 16.6. The number of aromatic hydroxyl groups is 1. The van der Waals surface area contributed by atoms with Crippen LogP contribution in [0.3, 0.4) is 0 Å². The fourth-order valence-electron chi connectivity index (χ4n) is 2.93. The molecule has 1 aliphatic rings. The molecular formula is C20H28O5. The molecule has 0 saturated heterocycles. The van der Waals surface area contributed by atoms with Gasteiger partial charge in [0.25, 0.3) is 0 Å². The SMILES string of the molecule is CCC1(OC(=O)c2cc(OC(=O)C(C)(C)CC)ccc2O)CCCC1. The van der Waals surface area contributed by atoms with E-state index in [0.717, 1.165) is 32.1 Å². The molecule has 0 aliphatic heterocycles. The molecule has 0 unspecified atom stereocenters. The van der Waals surface area contributed by atoms with E-state index in [-0.39, 0.29) is 23.0 Å². The number of hydrogen-bond acceptors (Lipinski definition) is 5. The third-order valence-electron chi connectivity index (χ3n) is 5.30. The van der Waals surface area contributed by atoms with E-state index in [4.69, 9.17) is 9.47 Å². The molecule has 5 nitrogen and oxygen atoms in total. The Kier molecular flexibility index (Phi) is 5.76. The third-order valence-corrected chi connectivity index (χ3v) is 5.30. The van der Waals surface area contributed by atoms with Crippen molar-refractivity contribution in [2.24, 2.45) is 5.41 Å².